The van der Waals surface area contributed by atoms with Crippen molar-refractivity contribution in [3.8, 4) is 0 Å². The Labute approximate surface area is 185 Å². The summed E-state index contributed by atoms with van der Waals surface area (Å²) in [6.07, 6.45) is 11.8. The molecule has 3 unspecified atom stereocenters. The van der Waals surface area contributed by atoms with Crippen molar-refractivity contribution in [2.75, 3.05) is 0 Å². The maximum atomic E-state index is 13.3. The van der Waals surface area contributed by atoms with Crippen LogP contribution in [0, 0.1) is 40.3 Å². The van der Waals surface area contributed by atoms with E-state index in [0.29, 0.717) is 48.6 Å². The Balaban J connectivity index is 1.31. The first kappa shape index (κ1) is 21.1. The number of halogens is 1. The molecule has 5 rings (SSSR count). The minimum absolute atomic E-state index is 0.128. The fourth-order valence-electron chi connectivity index (χ4n) is 8.18. The molecule has 3 heteroatoms. The van der Waals surface area contributed by atoms with E-state index in [1.807, 2.05) is 6.08 Å². The molecule has 0 bridgehead atoms. The van der Waals surface area contributed by atoms with Gasteiger partial charge in [-0.1, -0.05) is 31.6 Å². The molecule has 0 amide bonds. The van der Waals surface area contributed by atoms with E-state index >= 15 is 0 Å². The summed E-state index contributed by atoms with van der Waals surface area (Å²) >= 11 is 0. The topological polar surface area (TPSA) is 34.1 Å². The third kappa shape index (κ3) is 3.43. The first-order valence-corrected chi connectivity index (χ1v) is 12.3. The summed E-state index contributed by atoms with van der Waals surface area (Å²) in [5.41, 5.74) is 2.79. The number of hydrogen-bond acceptors (Lipinski definition) is 2. The van der Waals surface area contributed by atoms with E-state index in [0.717, 1.165) is 31.2 Å². The van der Waals surface area contributed by atoms with Gasteiger partial charge in [0.2, 0.25) is 0 Å². The van der Waals surface area contributed by atoms with Gasteiger partial charge in [0.05, 0.1) is 0 Å². The smallest absolute Gasteiger partial charge is 0.155 e. The first-order valence-electron chi connectivity index (χ1n) is 12.3. The Morgan fingerprint density at radius 3 is 2.55 bits per heavy atom. The largest absolute Gasteiger partial charge is 0.299 e. The highest BCUT2D eigenvalue weighted by Gasteiger charge is 2.59. The number of aryl methyl sites for hydroxylation is 1. The highest BCUT2D eigenvalue weighted by molar-refractivity contribution is 5.91. The number of Topliss-reactive ketones (excluding diaryl/α,β-unsaturated/α-hetero) is 1. The third-order valence-corrected chi connectivity index (χ3v) is 9.92. The molecule has 1 aromatic rings. The molecule has 0 heterocycles. The molecule has 1 aromatic carbocycles. The Morgan fingerprint density at radius 2 is 1.77 bits per heavy atom. The van der Waals surface area contributed by atoms with E-state index in [1.54, 1.807) is 12.1 Å². The average molecular weight is 423 g/mol. The first-order chi connectivity index (χ1) is 14.8. The van der Waals surface area contributed by atoms with Gasteiger partial charge in [-0.05, 0) is 104 Å². The molecular weight excluding hydrogens is 387 g/mol. The van der Waals surface area contributed by atoms with Gasteiger partial charge >= 0.3 is 0 Å². The molecule has 31 heavy (non-hydrogen) atoms. The lowest BCUT2D eigenvalue weighted by Gasteiger charge is -2.58. The van der Waals surface area contributed by atoms with Crippen LogP contribution in [0.25, 0.3) is 0 Å². The fraction of sp³-hybridized carbons (Fsp3) is 0.643. The molecule has 0 aromatic heterocycles. The van der Waals surface area contributed by atoms with Crippen LogP contribution in [0.5, 0.6) is 0 Å². The van der Waals surface area contributed by atoms with Gasteiger partial charge in [-0.15, -0.1) is 0 Å². The summed E-state index contributed by atoms with van der Waals surface area (Å²) < 4.78 is 13.2. The van der Waals surface area contributed by atoms with Gasteiger partial charge in [0.15, 0.2) is 5.78 Å². The number of ketones is 2. The van der Waals surface area contributed by atoms with E-state index < -0.39 is 0 Å². The monoisotopic (exact) mass is 422 g/mol. The number of carbonyl (C=O) groups excluding carboxylic acids is 2. The van der Waals surface area contributed by atoms with Crippen LogP contribution in [0.2, 0.25) is 0 Å². The number of fused-ring (bicyclic) bond motifs is 5. The summed E-state index contributed by atoms with van der Waals surface area (Å²) in [7, 11) is 0. The van der Waals surface area contributed by atoms with Gasteiger partial charge < -0.3 is 0 Å². The number of allylic oxidation sites excluding steroid dienone is 1. The summed E-state index contributed by atoms with van der Waals surface area (Å²) in [4.78, 5) is 25.3. The normalized spacial score (nSPS) is 39.3. The number of hydrogen-bond donors (Lipinski definition) is 0. The second-order valence-corrected chi connectivity index (χ2v) is 11.2. The molecule has 0 N–H and O–H groups in total. The van der Waals surface area contributed by atoms with Crippen LogP contribution in [-0.2, 0) is 16.0 Å². The summed E-state index contributed by atoms with van der Waals surface area (Å²) in [5.74, 6) is 2.70. The molecule has 166 valence electrons. The van der Waals surface area contributed by atoms with Gasteiger partial charge in [0.1, 0.15) is 11.6 Å². The van der Waals surface area contributed by atoms with Crippen LogP contribution in [0.3, 0.4) is 0 Å². The Morgan fingerprint density at radius 1 is 1.00 bits per heavy atom. The molecule has 2 nitrogen and oxygen atoms in total. The van der Waals surface area contributed by atoms with Crippen molar-refractivity contribution < 1.29 is 14.0 Å². The Hall–Kier alpha value is -1.77. The molecule has 4 aliphatic carbocycles. The number of benzene rings is 1. The van der Waals surface area contributed by atoms with Gasteiger partial charge in [0.25, 0.3) is 0 Å². The molecule has 3 saturated carbocycles. The van der Waals surface area contributed by atoms with Crippen molar-refractivity contribution in [2.24, 2.45) is 34.5 Å². The predicted octanol–water partition coefficient (Wildman–Crippen LogP) is 6.48. The highest BCUT2D eigenvalue weighted by atomic mass is 19.1. The second kappa shape index (κ2) is 7.67. The average Bonchev–Trinajstić information content (AvgIpc) is 3.11. The van der Waals surface area contributed by atoms with Gasteiger partial charge in [-0.2, -0.15) is 0 Å². The minimum atomic E-state index is -0.223. The van der Waals surface area contributed by atoms with Crippen molar-refractivity contribution in [1.82, 2.24) is 0 Å². The summed E-state index contributed by atoms with van der Waals surface area (Å²) in [6, 6.07) is 6.57. The van der Waals surface area contributed by atoms with Gasteiger partial charge in [-0.25, -0.2) is 4.39 Å². The Bertz CT molecular complexity index is 915. The zero-order valence-electron chi connectivity index (χ0n) is 19.0. The minimum Gasteiger partial charge on any atom is -0.299 e. The molecule has 0 spiro atoms. The van der Waals surface area contributed by atoms with Crippen LogP contribution in [0.1, 0.15) is 77.2 Å². The Kier molecular flexibility index (Phi) is 5.22. The molecule has 3 fully saturated rings. The predicted molar refractivity (Wildman–Crippen MR) is 120 cm³/mol. The van der Waals surface area contributed by atoms with Crippen LogP contribution in [0.4, 0.5) is 4.39 Å². The van der Waals surface area contributed by atoms with Crippen molar-refractivity contribution in [1.29, 1.82) is 0 Å². The van der Waals surface area contributed by atoms with Crippen LogP contribution in [-0.4, -0.2) is 11.6 Å². The standard InChI is InChI=1S/C28H35FO2/c1-27-15-13-21(30)17-19(27)6-9-22-23-10-11-25(28(23,2)16-14-24(22)27)26(31)12-5-18-3-7-20(29)8-4-18/h3-4,7-8,17,22-25H,5-6,9-16H2,1-2H3/t22?,23?,24?,25-,27+,28+/m1/s1. The summed E-state index contributed by atoms with van der Waals surface area (Å²) in [5, 5.41) is 0. The molecule has 6 atom stereocenters. The maximum absolute atomic E-state index is 13.3. The quantitative estimate of drug-likeness (QED) is 0.557. The van der Waals surface area contributed by atoms with E-state index in [4.69, 9.17) is 0 Å². The van der Waals surface area contributed by atoms with Crippen LogP contribution < -0.4 is 0 Å². The lowest BCUT2D eigenvalue weighted by Crippen LogP contribution is -2.51. The molecule has 0 aliphatic heterocycles. The molecular formula is C28H35FO2. The lowest BCUT2D eigenvalue weighted by molar-refractivity contribution is -0.130. The highest BCUT2D eigenvalue weighted by Crippen LogP contribution is 2.66. The van der Waals surface area contributed by atoms with Crippen molar-refractivity contribution >= 4 is 11.6 Å². The van der Waals surface area contributed by atoms with E-state index in [9.17, 15) is 14.0 Å². The zero-order valence-corrected chi connectivity index (χ0v) is 19.0. The molecule has 0 radical (unpaired) electrons. The van der Waals surface area contributed by atoms with Crippen molar-refractivity contribution in [3.05, 3.63) is 47.3 Å². The SMILES string of the molecule is C[C@]12CCC(=O)C=C1CCC1C2CC[C@@]2(C)C1CC[C@@H]2C(=O)CCc1ccc(F)cc1. The molecule has 4 aliphatic rings. The van der Waals surface area contributed by atoms with Crippen LogP contribution in [0.15, 0.2) is 35.9 Å². The van der Waals surface area contributed by atoms with Crippen molar-refractivity contribution in [3.63, 3.8) is 0 Å². The van der Waals surface area contributed by atoms with E-state index in [-0.39, 0.29) is 22.6 Å². The third-order valence-electron chi connectivity index (χ3n) is 9.92. The van der Waals surface area contributed by atoms with E-state index in [2.05, 4.69) is 13.8 Å². The maximum Gasteiger partial charge on any atom is 0.155 e. The van der Waals surface area contributed by atoms with Crippen LogP contribution >= 0.6 is 0 Å². The lowest BCUT2D eigenvalue weighted by atomic mass is 9.46. The number of carbonyl (C=O) groups is 2. The zero-order chi connectivity index (χ0) is 21.8. The van der Waals surface area contributed by atoms with Gasteiger partial charge in [-0.3, -0.25) is 9.59 Å². The van der Waals surface area contributed by atoms with E-state index in [1.165, 1.54) is 37.0 Å². The second-order valence-electron chi connectivity index (χ2n) is 11.2. The van der Waals surface area contributed by atoms with Crippen molar-refractivity contribution in [2.45, 2.75) is 78.1 Å². The van der Waals surface area contributed by atoms with Gasteiger partial charge in [0, 0.05) is 18.8 Å². The molecule has 0 saturated heterocycles. The fourth-order valence-corrected chi connectivity index (χ4v) is 8.18. The number of rotatable bonds is 4. The summed E-state index contributed by atoms with van der Waals surface area (Å²) in [6.45, 7) is 4.82.